The number of hydrogen-bond donors (Lipinski definition) is 1. The highest BCUT2D eigenvalue weighted by Crippen LogP contribution is 2.24. The number of carbonyl (C=O) groups is 2. The lowest BCUT2D eigenvalue weighted by Crippen LogP contribution is -2.14. The van der Waals surface area contributed by atoms with Crippen LogP contribution in [-0.4, -0.2) is 11.7 Å². The maximum absolute atomic E-state index is 13.7. The summed E-state index contributed by atoms with van der Waals surface area (Å²) in [7, 11) is 0. The van der Waals surface area contributed by atoms with Crippen molar-refractivity contribution in [3.8, 4) is 17.4 Å². The minimum atomic E-state index is -0.739. The quantitative estimate of drug-likeness (QED) is 0.394. The molecule has 6 heteroatoms. The van der Waals surface area contributed by atoms with Crippen LogP contribution in [0.2, 0.25) is 0 Å². The number of nitrogens with zero attached hydrogens (tertiary/aromatic N) is 1. The Labute approximate surface area is 160 Å². The van der Waals surface area contributed by atoms with Crippen LogP contribution in [0.3, 0.4) is 0 Å². The van der Waals surface area contributed by atoms with E-state index in [-0.39, 0.29) is 17.0 Å². The highest BCUT2D eigenvalue weighted by Gasteiger charge is 2.13. The summed E-state index contributed by atoms with van der Waals surface area (Å²) in [5, 5.41) is 11.6. The molecule has 1 aromatic heterocycles. The number of carbonyl (C=O) groups excluding carboxylic acids is 2. The minimum absolute atomic E-state index is 0.0145. The molecule has 0 radical (unpaired) electrons. The SMILES string of the molecule is CC(=O)c1ccc(-c2ccc(/C=C(/C#N)C(=O)Nc3ccccc3F)o2)cc1. The standard InChI is InChI=1S/C22H15FN2O3/c1-14(26)15-6-8-16(9-7-15)21-11-10-18(28-21)12-17(13-24)22(27)25-20-5-3-2-4-19(20)23/h2-12H,1H3,(H,25,27)/b17-12-. The van der Waals surface area contributed by atoms with Crippen molar-refractivity contribution in [2.75, 3.05) is 5.32 Å². The van der Waals surface area contributed by atoms with Crippen molar-refractivity contribution >= 4 is 23.5 Å². The van der Waals surface area contributed by atoms with Gasteiger partial charge < -0.3 is 9.73 Å². The fourth-order valence-corrected chi connectivity index (χ4v) is 2.50. The molecule has 0 atom stereocenters. The average molecular weight is 374 g/mol. The first-order valence-corrected chi connectivity index (χ1v) is 8.37. The zero-order valence-electron chi connectivity index (χ0n) is 14.9. The third-order valence-corrected chi connectivity index (χ3v) is 3.98. The van der Waals surface area contributed by atoms with Crippen LogP contribution in [0.25, 0.3) is 17.4 Å². The average Bonchev–Trinajstić information content (AvgIpc) is 3.16. The summed E-state index contributed by atoms with van der Waals surface area (Å²) in [6, 6.07) is 17.7. The van der Waals surface area contributed by atoms with E-state index < -0.39 is 11.7 Å². The number of amides is 1. The summed E-state index contributed by atoms with van der Waals surface area (Å²) < 4.78 is 19.3. The second-order valence-corrected chi connectivity index (χ2v) is 5.94. The number of rotatable bonds is 5. The van der Waals surface area contributed by atoms with Gasteiger partial charge in [0.15, 0.2) is 5.78 Å². The summed E-state index contributed by atoms with van der Waals surface area (Å²) in [5.41, 5.74) is 1.10. The summed E-state index contributed by atoms with van der Waals surface area (Å²) in [5.74, 6) is -0.549. The van der Waals surface area contributed by atoms with E-state index >= 15 is 0 Å². The van der Waals surface area contributed by atoms with Crippen LogP contribution in [0.5, 0.6) is 0 Å². The number of benzene rings is 2. The van der Waals surface area contributed by atoms with Gasteiger partial charge in [-0.15, -0.1) is 0 Å². The van der Waals surface area contributed by atoms with Gasteiger partial charge in [0, 0.05) is 17.2 Å². The Morgan fingerprint density at radius 3 is 2.43 bits per heavy atom. The second-order valence-electron chi connectivity index (χ2n) is 5.94. The van der Waals surface area contributed by atoms with Crippen LogP contribution in [0.1, 0.15) is 23.0 Å². The van der Waals surface area contributed by atoms with Gasteiger partial charge in [-0.05, 0) is 31.2 Å². The van der Waals surface area contributed by atoms with Crippen molar-refractivity contribution in [1.29, 1.82) is 5.26 Å². The van der Waals surface area contributed by atoms with Crippen molar-refractivity contribution in [3.63, 3.8) is 0 Å². The van der Waals surface area contributed by atoms with E-state index in [1.807, 2.05) is 0 Å². The highest BCUT2D eigenvalue weighted by molar-refractivity contribution is 6.09. The fraction of sp³-hybridized carbons (Fsp3) is 0.0455. The maximum atomic E-state index is 13.7. The maximum Gasteiger partial charge on any atom is 0.266 e. The number of halogens is 1. The molecule has 138 valence electrons. The molecular weight excluding hydrogens is 359 g/mol. The third-order valence-electron chi connectivity index (χ3n) is 3.98. The molecule has 0 spiro atoms. The zero-order valence-corrected chi connectivity index (χ0v) is 14.9. The Morgan fingerprint density at radius 1 is 1.07 bits per heavy atom. The van der Waals surface area contributed by atoms with Gasteiger partial charge in [0.1, 0.15) is 29.0 Å². The van der Waals surface area contributed by atoms with E-state index in [9.17, 15) is 19.2 Å². The number of Topliss-reactive ketones (excluding diaryl/α,β-unsaturated/α-hetero) is 1. The van der Waals surface area contributed by atoms with Crippen LogP contribution < -0.4 is 5.32 Å². The van der Waals surface area contributed by atoms with Crippen LogP contribution in [-0.2, 0) is 4.79 Å². The Balaban J connectivity index is 1.80. The Morgan fingerprint density at radius 2 is 1.79 bits per heavy atom. The molecule has 1 heterocycles. The lowest BCUT2D eigenvalue weighted by Gasteiger charge is -2.04. The monoisotopic (exact) mass is 374 g/mol. The molecule has 0 bridgehead atoms. The Hall–Kier alpha value is -3.98. The first-order chi connectivity index (χ1) is 13.5. The Kier molecular flexibility index (Phi) is 5.47. The topological polar surface area (TPSA) is 83.1 Å². The molecule has 2 aromatic carbocycles. The van der Waals surface area contributed by atoms with Crippen molar-refractivity contribution in [2.24, 2.45) is 0 Å². The summed E-state index contributed by atoms with van der Waals surface area (Å²) in [6.07, 6.45) is 1.28. The number of nitriles is 1. The number of ketones is 1. The molecular formula is C22H15FN2O3. The van der Waals surface area contributed by atoms with Gasteiger partial charge >= 0.3 is 0 Å². The largest absolute Gasteiger partial charge is 0.457 e. The highest BCUT2D eigenvalue weighted by atomic mass is 19.1. The van der Waals surface area contributed by atoms with Gasteiger partial charge in [0.2, 0.25) is 0 Å². The lowest BCUT2D eigenvalue weighted by atomic mass is 10.1. The molecule has 1 N–H and O–H groups in total. The van der Waals surface area contributed by atoms with Gasteiger partial charge in [-0.1, -0.05) is 36.4 Å². The van der Waals surface area contributed by atoms with E-state index in [0.29, 0.717) is 17.1 Å². The number of furan rings is 1. The zero-order chi connectivity index (χ0) is 20.1. The number of hydrogen-bond acceptors (Lipinski definition) is 4. The number of para-hydroxylation sites is 1. The lowest BCUT2D eigenvalue weighted by molar-refractivity contribution is -0.112. The molecule has 1 amide bonds. The van der Waals surface area contributed by atoms with Crippen molar-refractivity contribution < 1.29 is 18.4 Å². The van der Waals surface area contributed by atoms with Crippen molar-refractivity contribution in [2.45, 2.75) is 6.92 Å². The van der Waals surface area contributed by atoms with Gasteiger partial charge in [-0.2, -0.15) is 5.26 Å². The predicted molar refractivity (Wildman–Crippen MR) is 103 cm³/mol. The van der Waals surface area contributed by atoms with Crippen LogP contribution >= 0.6 is 0 Å². The van der Waals surface area contributed by atoms with E-state index in [0.717, 1.165) is 5.56 Å². The van der Waals surface area contributed by atoms with Gasteiger partial charge in [0.05, 0.1) is 5.69 Å². The summed E-state index contributed by atoms with van der Waals surface area (Å²) in [4.78, 5) is 23.6. The first kappa shape index (κ1) is 18.8. The number of nitrogens with one attached hydrogen (secondary N) is 1. The molecule has 28 heavy (non-hydrogen) atoms. The molecule has 0 unspecified atom stereocenters. The molecule has 0 saturated carbocycles. The normalized spacial score (nSPS) is 11.0. The van der Waals surface area contributed by atoms with E-state index in [1.165, 1.54) is 31.2 Å². The second kappa shape index (κ2) is 8.14. The fourth-order valence-electron chi connectivity index (χ4n) is 2.50. The summed E-state index contributed by atoms with van der Waals surface area (Å²) in [6.45, 7) is 1.49. The van der Waals surface area contributed by atoms with Crippen molar-refractivity contribution in [1.82, 2.24) is 0 Å². The summed E-state index contributed by atoms with van der Waals surface area (Å²) >= 11 is 0. The van der Waals surface area contributed by atoms with E-state index in [1.54, 1.807) is 48.5 Å². The molecule has 3 aromatic rings. The van der Waals surface area contributed by atoms with Crippen LogP contribution in [0, 0.1) is 17.1 Å². The molecule has 0 aliphatic rings. The van der Waals surface area contributed by atoms with Gasteiger partial charge in [-0.3, -0.25) is 9.59 Å². The molecule has 0 saturated heterocycles. The molecule has 0 aliphatic heterocycles. The van der Waals surface area contributed by atoms with Gasteiger partial charge in [0.25, 0.3) is 5.91 Å². The van der Waals surface area contributed by atoms with Gasteiger partial charge in [-0.25, -0.2) is 4.39 Å². The molecule has 0 aliphatic carbocycles. The molecule has 3 rings (SSSR count). The number of anilines is 1. The molecule has 0 fully saturated rings. The smallest absolute Gasteiger partial charge is 0.266 e. The van der Waals surface area contributed by atoms with E-state index in [2.05, 4.69) is 5.32 Å². The molecule has 5 nitrogen and oxygen atoms in total. The van der Waals surface area contributed by atoms with E-state index in [4.69, 9.17) is 4.42 Å². The van der Waals surface area contributed by atoms with Crippen LogP contribution in [0.15, 0.2) is 70.7 Å². The minimum Gasteiger partial charge on any atom is -0.457 e. The third kappa shape index (κ3) is 4.22. The first-order valence-electron chi connectivity index (χ1n) is 8.37. The Bertz CT molecular complexity index is 1110. The van der Waals surface area contributed by atoms with Crippen molar-refractivity contribution in [3.05, 3.63) is 83.4 Å². The van der Waals surface area contributed by atoms with Crippen LogP contribution in [0.4, 0.5) is 10.1 Å². The predicted octanol–water partition coefficient (Wildman–Crippen LogP) is 4.83.